The van der Waals surface area contributed by atoms with E-state index in [1.165, 1.54) is 38.5 Å². The molecule has 136 valence electrons. The lowest BCUT2D eigenvalue weighted by atomic mass is 9.87. The van der Waals surface area contributed by atoms with Gasteiger partial charge in [0.2, 0.25) is 0 Å². The van der Waals surface area contributed by atoms with E-state index in [2.05, 4.69) is 4.90 Å². The minimum Gasteiger partial charge on any atom is -0.333 e. The van der Waals surface area contributed by atoms with Crippen LogP contribution in [0.4, 0.5) is 0 Å². The summed E-state index contributed by atoms with van der Waals surface area (Å²) in [4.78, 5) is 27.5. The van der Waals surface area contributed by atoms with Crippen LogP contribution in [0.2, 0.25) is 0 Å². The molecule has 0 bridgehead atoms. The molecular weight excluding hydrogens is 310 g/mol. The van der Waals surface area contributed by atoms with Crippen molar-refractivity contribution in [2.75, 3.05) is 0 Å². The van der Waals surface area contributed by atoms with E-state index in [-0.39, 0.29) is 5.91 Å². The Kier molecular flexibility index (Phi) is 5.93. The Hall–Kier alpha value is -1.64. The summed E-state index contributed by atoms with van der Waals surface area (Å²) in [5.41, 5.74) is 3.16. The third-order valence-electron chi connectivity index (χ3n) is 6.02. The second kappa shape index (κ2) is 8.16. The first-order valence-electron chi connectivity index (χ1n) is 10.0. The molecule has 2 aliphatic carbocycles. The normalized spacial score (nSPS) is 19.6. The Labute approximate surface area is 151 Å². The summed E-state index contributed by atoms with van der Waals surface area (Å²) >= 11 is 0. The molecule has 3 nitrogen and oxygen atoms in total. The summed E-state index contributed by atoms with van der Waals surface area (Å²) in [5, 5.41) is 0. The molecule has 0 aliphatic heterocycles. The number of benzene rings is 1. The molecule has 1 aromatic rings. The van der Waals surface area contributed by atoms with E-state index in [9.17, 15) is 9.59 Å². The van der Waals surface area contributed by atoms with Crippen LogP contribution in [0.3, 0.4) is 0 Å². The number of amides is 1. The standard InChI is InChI=1S/C22H31NO2/c1-16-13-17(2)21(18(14-16)15-24)22(25)23(19-9-5-3-6-10-19)20-11-7-4-8-12-20/h13-15,19-20H,3-12H2,1-2H3. The van der Waals surface area contributed by atoms with Crippen molar-refractivity contribution in [3.8, 4) is 0 Å². The van der Waals surface area contributed by atoms with Gasteiger partial charge in [0.15, 0.2) is 6.29 Å². The molecule has 0 N–H and O–H groups in total. The highest BCUT2D eigenvalue weighted by Gasteiger charge is 2.34. The maximum Gasteiger partial charge on any atom is 0.255 e. The molecule has 2 fully saturated rings. The summed E-state index contributed by atoms with van der Waals surface area (Å²) in [6.07, 6.45) is 12.7. The van der Waals surface area contributed by atoms with Crippen LogP contribution in [-0.4, -0.2) is 29.2 Å². The van der Waals surface area contributed by atoms with Gasteiger partial charge in [-0.15, -0.1) is 0 Å². The van der Waals surface area contributed by atoms with E-state index in [1.807, 2.05) is 26.0 Å². The number of hydrogen-bond donors (Lipinski definition) is 0. The quantitative estimate of drug-likeness (QED) is 0.704. The van der Waals surface area contributed by atoms with Gasteiger partial charge in [0.05, 0.1) is 5.56 Å². The lowest BCUT2D eigenvalue weighted by Gasteiger charge is -2.42. The lowest BCUT2D eigenvalue weighted by molar-refractivity contribution is 0.0446. The second-order valence-corrected chi connectivity index (χ2v) is 7.96. The molecule has 1 amide bonds. The monoisotopic (exact) mass is 341 g/mol. The van der Waals surface area contributed by atoms with E-state index >= 15 is 0 Å². The fourth-order valence-corrected chi connectivity index (χ4v) is 4.86. The Bertz CT molecular complexity index is 607. The van der Waals surface area contributed by atoms with Crippen LogP contribution < -0.4 is 0 Å². The minimum absolute atomic E-state index is 0.0957. The molecule has 0 atom stereocenters. The Morgan fingerprint density at radius 2 is 1.44 bits per heavy atom. The molecule has 3 rings (SSSR count). The van der Waals surface area contributed by atoms with E-state index in [1.54, 1.807) is 0 Å². The zero-order chi connectivity index (χ0) is 17.8. The van der Waals surface area contributed by atoms with Gasteiger partial charge in [0.25, 0.3) is 5.91 Å². The van der Waals surface area contributed by atoms with Crippen molar-refractivity contribution in [1.82, 2.24) is 4.90 Å². The number of hydrogen-bond acceptors (Lipinski definition) is 2. The largest absolute Gasteiger partial charge is 0.333 e. The minimum atomic E-state index is 0.0957. The predicted molar refractivity (Wildman–Crippen MR) is 101 cm³/mol. The topological polar surface area (TPSA) is 37.4 Å². The van der Waals surface area contributed by atoms with Crippen molar-refractivity contribution in [2.24, 2.45) is 0 Å². The predicted octanol–water partition coefficient (Wildman–Crippen LogP) is 5.22. The van der Waals surface area contributed by atoms with Crippen molar-refractivity contribution in [1.29, 1.82) is 0 Å². The van der Waals surface area contributed by atoms with Gasteiger partial charge in [-0.3, -0.25) is 9.59 Å². The second-order valence-electron chi connectivity index (χ2n) is 7.96. The van der Waals surface area contributed by atoms with Crippen molar-refractivity contribution >= 4 is 12.2 Å². The van der Waals surface area contributed by atoms with Crippen LogP contribution in [0.15, 0.2) is 12.1 Å². The summed E-state index contributed by atoms with van der Waals surface area (Å²) in [6.45, 7) is 3.95. The van der Waals surface area contributed by atoms with Gasteiger partial charge in [0, 0.05) is 17.6 Å². The number of aldehydes is 1. The highest BCUT2D eigenvalue weighted by molar-refractivity contribution is 6.03. The van der Waals surface area contributed by atoms with Gasteiger partial charge in [-0.05, 0) is 51.2 Å². The molecule has 0 heterocycles. The average Bonchev–Trinajstić information content (AvgIpc) is 2.63. The molecule has 0 spiro atoms. The third-order valence-corrected chi connectivity index (χ3v) is 6.02. The maximum atomic E-state index is 13.6. The average molecular weight is 341 g/mol. The van der Waals surface area contributed by atoms with Gasteiger partial charge < -0.3 is 4.90 Å². The number of rotatable bonds is 4. The van der Waals surface area contributed by atoms with E-state index in [0.717, 1.165) is 43.1 Å². The first-order valence-corrected chi connectivity index (χ1v) is 10.0. The molecule has 1 aromatic carbocycles. The molecule has 0 unspecified atom stereocenters. The van der Waals surface area contributed by atoms with Crippen molar-refractivity contribution in [3.05, 3.63) is 34.4 Å². The van der Waals surface area contributed by atoms with E-state index < -0.39 is 0 Å². The Morgan fingerprint density at radius 1 is 0.920 bits per heavy atom. The molecule has 0 radical (unpaired) electrons. The molecule has 0 aromatic heterocycles. The van der Waals surface area contributed by atoms with Crippen LogP contribution in [0.1, 0.15) is 96.1 Å². The van der Waals surface area contributed by atoms with Crippen LogP contribution in [-0.2, 0) is 0 Å². The van der Waals surface area contributed by atoms with Crippen molar-refractivity contribution in [3.63, 3.8) is 0 Å². The molecule has 2 saturated carbocycles. The van der Waals surface area contributed by atoms with Crippen LogP contribution in [0.5, 0.6) is 0 Å². The number of aryl methyl sites for hydroxylation is 2. The van der Waals surface area contributed by atoms with Gasteiger partial charge in [-0.25, -0.2) is 0 Å². The summed E-state index contributed by atoms with van der Waals surface area (Å²) < 4.78 is 0. The molecular formula is C22H31NO2. The highest BCUT2D eigenvalue weighted by atomic mass is 16.2. The van der Waals surface area contributed by atoms with E-state index in [4.69, 9.17) is 0 Å². The first-order chi connectivity index (χ1) is 12.1. The molecule has 3 heteroatoms. The smallest absolute Gasteiger partial charge is 0.255 e. The lowest BCUT2D eigenvalue weighted by Crippen LogP contribution is -2.49. The highest BCUT2D eigenvalue weighted by Crippen LogP contribution is 2.32. The number of carbonyl (C=O) groups is 2. The SMILES string of the molecule is Cc1cc(C)c(C(=O)N(C2CCCCC2)C2CCCCC2)c(C=O)c1. The number of carbonyl (C=O) groups excluding carboxylic acids is 2. The van der Waals surface area contributed by atoms with Gasteiger partial charge in [-0.2, -0.15) is 0 Å². The van der Waals surface area contributed by atoms with Gasteiger partial charge in [0.1, 0.15) is 0 Å². The van der Waals surface area contributed by atoms with Gasteiger partial charge in [-0.1, -0.05) is 50.2 Å². The summed E-state index contributed by atoms with van der Waals surface area (Å²) in [7, 11) is 0. The maximum absolute atomic E-state index is 13.6. The van der Waals surface area contributed by atoms with Gasteiger partial charge >= 0.3 is 0 Å². The van der Waals surface area contributed by atoms with Crippen molar-refractivity contribution < 1.29 is 9.59 Å². The van der Waals surface area contributed by atoms with Crippen LogP contribution >= 0.6 is 0 Å². The molecule has 2 aliphatic rings. The Balaban J connectivity index is 1.97. The third kappa shape index (κ3) is 3.96. The zero-order valence-corrected chi connectivity index (χ0v) is 15.7. The number of nitrogens with zero attached hydrogens (tertiary/aromatic N) is 1. The fraction of sp³-hybridized carbons (Fsp3) is 0.636. The van der Waals surface area contributed by atoms with E-state index in [0.29, 0.717) is 23.2 Å². The Morgan fingerprint density at radius 3 is 1.92 bits per heavy atom. The van der Waals surface area contributed by atoms with Crippen molar-refractivity contribution in [2.45, 2.75) is 90.1 Å². The zero-order valence-electron chi connectivity index (χ0n) is 15.7. The molecule has 25 heavy (non-hydrogen) atoms. The summed E-state index contributed by atoms with van der Waals surface area (Å²) in [6, 6.07) is 4.59. The molecule has 0 saturated heterocycles. The first kappa shape index (κ1) is 18.2. The fourth-order valence-electron chi connectivity index (χ4n) is 4.86. The summed E-state index contributed by atoms with van der Waals surface area (Å²) in [5.74, 6) is 0.0957. The van der Waals surface area contributed by atoms with Crippen LogP contribution in [0.25, 0.3) is 0 Å². The van der Waals surface area contributed by atoms with Crippen LogP contribution in [0, 0.1) is 13.8 Å².